The van der Waals surface area contributed by atoms with Crippen LogP contribution in [0.15, 0.2) is 12.1 Å². The lowest BCUT2D eigenvalue weighted by Gasteiger charge is -2.14. The predicted octanol–water partition coefficient (Wildman–Crippen LogP) is 3.32. The van der Waals surface area contributed by atoms with Crippen LogP contribution in [-0.4, -0.2) is 18.7 Å². The maximum Gasteiger partial charge on any atom is 0.417 e. The highest BCUT2D eigenvalue weighted by atomic mass is 19.4. The Bertz CT molecular complexity index is 508. The molecule has 0 bridgehead atoms. The summed E-state index contributed by atoms with van der Waals surface area (Å²) in [6.45, 7) is -2.43. The minimum Gasteiger partial charge on any atom is -0.434 e. The Labute approximate surface area is 104 Å². The molecule has 104 valence electrons. The molecular formula is C11H7F5O3. The van der Waals surface area contributed by atoms with Crippen molar-refractivity contribution >= 4 is 12.1 Å². The van der Waals surface area contributed by atoms with Crippen molar-refractivity contribution in [2.45, 2.75) is 19.7 Å². The normalized spacial score (nSPS) is 11.5. The molecule has 0 aliphatic rings. The van der Waals surface area contributed by atoms with Gasteiger partial charge in [0.2, 0.25) is 0 Å². The Morgan fingerprint density at radius 2 is 1.89 bits per heavy atom. The van der Waals surface area contributed by atoms with E-state index in [1.807, 2.05) is 0 Å². The topological polar surface area (TPSA) is 43.4 Å². The summed E-state index contributed by atoms with van der Waals surface area (Å²) in [7, 11) is 0. The third-order valence-corrected chi connectivity index (χ3v) is 2.18. The van der Waals surface area contributed by atoms with Gasteiger partial charge in [0.1, 0.15) is 5.75 Å². The zero-order valence-electron chi connectivity index (χ0n) is 9.42. The summed E-state index contributed by atoms with van der Waals surface area (Å²) in [6, 6.07) is 0.794. The van der Waals surface area contributed by atoms with Crippen LogP contribution in [0, 0.1) is 0 Å². The minimum absolute atomic E-state index is 0.110. The summed E-state index contributed by atoms with van der Waals surface area (Å²) >= 11 is 0. The van der Waals surface area contributed by atoms with Crippen molar-refractivity contribution in [3.8, 4) is 5.75 Å². The van der Waals surface area contributed by atoms with E-state index in [4.69, 9.17) is 0 Å². The Hall–Kier alpha value is -1.99. The highest BCUT2D eigenvalue weighted by Crippen LogP contribution is 2.36. The minimum atomic E-state index is -4.92. The molecule has 1 aromatic rings. The second-order valence-corrected chi connectivity index (χ2v) is 3.49. The molecule has 0 N–H and O–H groups in total. The standard InChI is InChI=1S/C11H7F5O3/c1-5(18)7-2-6(4-17)8(11(14,15)16)3-9(7)19-10(12)13/h2-4,10H,1H3. The number of hydrogen-bond donors (Lipinski definition) is 0. The van der Waals surface area contributed by atoms with Crippen molar-refractivity contribution in [2.24, 2.45) is 0 Å². The molecule has 0 aromatic heterocycles. The first-order chi connectivity index (χ1) is 8.66. The van der Waals surface area contributed by atoms with Crippen LogP contribution >= 0.6 is 0 Å². The summed E-state index contributed by atoms with van der Waals surface area (Å²) < 4.78 is 65.8. The van der Waals surface area contributed by atoms with Gasteiger partial charge >= 0.3 is 12.8 Å². The van der Waals surface area contributed by atoms with Crippen LogP contribution in [-0.2, 0) is 6.18 Å². The van der Waals surface area contributed by atoms with E-state index in [-0.39, 0.29) is 12.4 Å². The molecule has 0 heterocycles. The molecule has 0 radical (unpaired) electrons. The number of Topliss-reactive ketones (excluding diaryl/α,β-unsaturated/α-hetero) is 1. The van der Waals surface area contributed by atoms with E-state index in [0.717, 1.165) is 6.92 Å². The fourth-order valence-electron chi connectivity index (χ4n) is 1.41. The molecule has 0 spiro atoms. The molecule has 19 heavy (non-hydrogen) atoms. The quantitative estimate of drug-likeness (QED) is 0.483. The van der Waals surface area contributed by atoms with E-state index in [1.54, 1.807) is 0 Å². The van der Waals surface area contributed by atoms with Crippen LogP contribution in [0.4, 0.5) is 22.0 Å². The van der Waals surface area contributed by atoms with Crippen LogP contribution in [0.25, 0.3) is 0 Å². The Morgan fingerprint density at radius 1 is 1.32 bits per heavy atom. The van der Waals surface area contributed by atoms with Crippen LogP contribution < -0.4 is 4.74 Å². The van der Waals surface area contributed by atoms with Crippen molar-refractivity contribution in [1.82, 2.24) is 0 Å². The highest BCUT2D eigenvalue weighted by molar-refractivity contribution is 5.98. The van der Waals surface area contributed by atoms with Crippen LogP contribution in [0.3, 0.4) is 0 Å². The molecule has 0 fully saturated rings. The SMILES string of the molecule is CC(=O)c1cc(C=O)c(C(F)(F)F)cc1OC(F)F. The number of alkyl halides is 5. The lowest BCUT2D eigenvalue weighted by Crippen LogP contribution is -2.13. The number of benzene rings is 1. The fourth-order valence-corrected chi connectivity index (χ4v) is 1.41. The van der Waals surface area contributed by atoms with Gasteiger partial charge in [-0.1, -0.05) is 0 Å². The van der Waals surface area contributed by atoms with Crippen LogP contribution in [0.1, 0.15) is 33.2 Å². The summed E-state index contributed by atoms with van der Waals surface area (Å²) in [5.41, 5.74) is -2.78. The molecule has 1 aromatic carbocycles. The molecule has 0 saturated carbocycles. The first-order valence-corrected chi connectivity index (χ1v) is 4.83. The van der Waals surface area contributed by atoms with Gasteiger partial charge in [-0.15, -0.1) is 0 Å². The summed E-state index contributed by atoms with van der Waals surface area (Å²) in [5.74, 6) is -1.71. The van der Waals surface area contributed by atoms with E-state index in [9.17, 15) is 31.5 Å². The average molecular weight is 282 g/mol. The summed E-state index contributed by atoms with van der Waals surface area (Å²) in [5, 5.41) is 0. The Morgan fingerprint density at radius 3 is 2.26 bits per heavy atom. The van der Waals surface area contributed by atoms with Gasteiger partial charge in [-0.05, 0) is 19.1 Å². The maximum absolute atomic E-state index is 12.6. The van der Waals surface area contributed by atoms with Crippen molar-refractivity contribution in [1.29, 1.82) is 0 Å². The molecule has 0 saturated heterocycles. The van der Waals surface area contributed by atoms with E-state index < -0.39 is 41.0 Å². The van der Waals surface area contributed by atoms with Gasteiger partial charge in [0.05, 0.1) is 11.1 Å². The molecule has 3 nitrogen and oxygen atoms in total. The third kappa shape index (κ3) is 3.49. The van der Waals surface area contributed by atoms with Crippen molar-refractivity contribution in [3.63, 3.8) is 0 Å². The number of ether oxygens (including phenoxy) is 1. The van der Waals surface area contributed by atoms with Gasteiger partial charge in [-0.2, -0.15) is 22.0 Å². The van der Waals surface area contributed by atoms with Crippen molar-refractivity contribution in [2.75, 3.05) is 0 Å². The van der Waals surface area contributed by atoms with Gasteiger partial charge in [0.15, 0.2) is 12.1 Å². The zero-order chi connectivity index (χ0) is 14.8. The molecule has 0 aliphatic carbocycles. The van der Waals surface area contributed by atoms with E-state index in [2.05, 4.69) is 4.74 Å². The van der Waals surface area contributed by atoms with E-state index in [0.29, 0.717) is 6.07 Å². The lowest BCUT2D eigenvalue weighted by molar-refractivity contribution is -0.138. The fraction of sp³-hybridized carbons (Fsp3) is 0.273. The first-order valence-electron chi connectivity index (χ1n) is 4.83. The van der Waals surface area contributed by atoms with Gasteiger partial charge < -0.3 is 4.74 Å². The second kappa shape index (κ2) is 5.33. The number of rotatable bonds is 4. The molecule has 0 amide bonds. The molecule has 8 heteroatoms. The lowest BCUT2D eigenvalue weighted by atomic mass is 10.0. The number of carbonyl (C=O) groups is 2. The van der Waals surface area contributed by atoms with Gasteiger partial charge in [0, 0.05) is 5.56 Å². The zero-order valence-corrected chi connectivity index (χ0v) is 9.42. The first kappa shape index (κ1) is 15.1. The summed E-state index contributed by atoms with van der Waals surface area (Å²) in [6.07, 6.45) is -5.03. The van der Waals surface area contributed by atoms with Crippen molar-refractivity contribution < 1.29 is 36.3 Å². The van der Waals surface area contributed by atoms with Crippen LogP contribution in [0.2, 0.25) is 0 Å². The molecule has 1 rings (SSSR count). The predicted molar refractivity (Wildman–Crippen MR) is 53.5 cm³/mol. The third-order valence-electron chi connectivity index (χ3n) is 2.18. The van der Waals surface area contributed by atoms with E-state index in [1.165, 1.54) is 0 Å². The molecule has 0 aliphatic heterocycles. The smallest absolute Gasteiger partial charge is 0.417 e. The number of carbonyl (C=O) groups excluding carboxylic acids is 2. The molecular weight excluding hydrogens is 275 g/mol. The Balaban J connectivity index is 3.51. The van der Waals surface area contributed by atoms with E-state index >= 15 is 0 Å². The highest BCUT2D eigenvalue weighted by Gasteiger charge is 2.35. The molecule has 0 atom stereocenters. The molecule has 0 unspecified atom stereocenters. The number of halogens is 5. The van der Waals surface area contributed by atoms with Gasteiger partial charge in [0.25, 0.3) is 0 Å². The summed E-state index contributed by atoms with van der Waals surface area (Å²) in [4.78, 5) is 21.7. The Kier molecular flexibility index (Phi) is 4.23. The van der Waals surface area contributed by atoms with Crippen molar-refractivity contribution in [3.05, 3.63) is 28.8 Å². The van der Waals surface area contributed by atoms with Crippen LogP contribution in [0.5, 0.6) is 5.75 Å². The van der Waals surface area contributed by atoms with Gasteiger partial charge in [-0.25, -0.2) is 0 Å². The average Bonchev–Trinajstić information content (AvgIpc) is 2.26. The maximum atomic E-state index is 12.6. The number of ketones is 1. The second-order valence-electron chi connectivity index (χ2n) is 3.49. The number of aldehydes is 1. The monoisotopic (exact) mass is 282 g/mol. The van der Waals surface area contributed by atoms with Gasteiger partial charge in [-0.3, -0.25) is 9.59 Å². The largest absolute Gasteiger partial charge is 0.434 e. The number of hydrogen-bond acceptors (Lipinski definition) is 3.